The van der Waals surface area contributed by atoms with Crippen LogP contribution in [0.3, 0.4) is 0 Å². The summed E-state index contributed by atoms with van der Waals surface area (Å²) in [6, 6.07) is 17.3. The SMILES string of the molecule is COc1cccc(N2C(=O)c3cc(Br)ccc3NC2c2cccs2)c1. The van der Waals surface area contributed by atoms with Crippen LogP contribution in [-0.2, 0) is 0 Å². The quantitative estimate of drug-likeness (QED) is 0.632. The summed E-state index contributed by atoms with van der Waals surface area (Å²) in [5.41, 5.74) is 2.27. The van der Waals surface area contributed by atoms with Crippen LogP contribution in [0.15, 0.2) is 64.5 Å². The summed E-state index contributed by atoms with van der Waals surface area (Å²) < 4.78 is 6.21. The molecule has 1 N–H and O–H groups in total. The van der Waals surface area contributed by atoms with Crippen molar-refractivity contribution in [1.82, 2.24) is 0 Å². The lowest BCUT2D eigenvalue weighted by atomic mass is 10.1. The number of amides is 1. The van der Waals surface area contributed by atoms with E-state index in [1.165, 1.54) is 0 Å². The number of hydrogen-bond donors (Lipinski definition) is 1. The zero-order valence-electron chi connectivity index (χ0n) is 13.4. The second kappa shape index (κ2) is 6.54. The number of carbonyl (C=O) groups excluding carboxylic acids is 1. The molecule has 1 aliphatic rings. The van der Waals surface area contributed by atoms with Crippen LogP contribution in [0.4, 0.5) is 11.4 Å². The van der Waals surface area contributed by atoms with Gasteiger partial charge < -0.3 is 10.1 Å². The number of nitrogens with one attached hydrogen (secondary N) is 1. The van der Waals surface area contributed by atoms with Gasteiger partial charge in [0.25, 0.3) is 5.91 Å². The minimum Gasteiger partial charge on any atom is -0.497 e. The second-order valence-corrected chi connectivity index (χ2v) is 7.52. The van der Waals surface area contributed by atoms with Gasteiger partial charge >= 0.3 is 0 Å². The largest absolute Gasteiger partial charge is 0.497 e. The molecule has 1 atom stereocenters. The Bertz CT molecular complexity index is 927. The van der Waals surface area contributed by atoms with E-state index in [-0.39, 0.29) is 12.1 Å². The highest BCUT2D eigenvalue weighted by Crippen LogP contribution is 2.39. The van der Waals surface area contributed by atoms with Gasteiger partial charge in [-0.15, -0.1) is 11.3 Å². The van der Waals surface area contributed by atoms with Gasteiger partial charge in [0.1, 0.15) is 11.9 Å². The Balaban J connectivity index is 1.86. The summed E-state index contributed by atoms with van der Waals surface area (Å²) in [6.45, 7) is 0. The summed E-state index contributed by atoms with van der Waals surface area (Å²) in [4.78, 5) is 16.2. The van der Waals surface area contributed by atoms with E-state index in [2.05, 4.69) is 21.2 Å². The number of methoxy groups -OCH3 is 1. The van der Waals surface area contributed by atoms with Crippen molar-refractivity contribution >= 4 is 44.5 Å². The summed E-state index contributed by atoms with van der Waals surface area (Å²) in [6.07, 6.45) is -0.256. The van der Waals surface area contributed by atoms with Crippen LogP contribution < -0.4 is 15.0 Å². The van der Waals surface area contributed by atoms with Crippen molar-refractivity contribution in [1.29, 1.82) is 0 Å². The molecule has 0 fully saturated rings. The van der Waals surface area contributed by atoms with E-state index in [1.807, 2.05) is 60.0 Å². The van der Waals surface area contributed by atoms with Gasteiger partial charge in [0.15, 0.2) is 0 Å². The lowest BCUT2D eigenvalue weighted by Gasteiger charge is -2.37. The van der Waals surface area contributed by atoms with Crippen LogP contribution in [0, 0.1) is 0 Å². The molecule has 1 aliphatic heterocycles. The van der Waals surface area contributed by atoms with Crippen LogP contribution in [-0.4, -0.2) is 13.0 Å². The fourth-order valence-electron chi connectivity index (χ4n) is 2.95. The predicted molar refractivity (Wildman–Crippen MR) is 105 cm³/mol. The van der Waals surface area contributed by atoms with Crippen LogP contribution in [0.2, 0.25) is 0 Å². The van der Waals surface area contributed by atoms with Crippen molar-refractivity contribution in [2.24, 2.45) is 0 Å². The van der Waals surface area contributed by atoms with E-state index < -0.39 is 0 Å². The van der Waals surface area contributed by atoms with Gasteiger partial charge in [-0.05, 0) is 41.8 Å². The Labute approximate surface area is 158 Å². The van der Waals surface area contributed by atoms with Crippen LogP contribution >= 0.6 is 27.3 Å². The molecule has 4 rings (SSSR count). The molecule has 0 aliphatic carbocycles. The number of hydrogen-bond acceptors (Lipinski definition) is 4. The minimum absolute atomic E-state index is 0.0401. The molecule has 0 bridgehead atoms. The fraction of sp³-hybridized carbons (Fsp3) is 0.105. The van der Waals surface area contributed by atoms with E-state index >= 15 is 0 Å². The van der Waals surface area contributed by atoms with Gasteiger partial charge in [0, 0.05) is 21.1 Å². The highest BCUT2D eigenvalue weighted by Gasteiger charge is 2.34. The molecule has 2 heterocycles. The summed E-state index contributed by atoms with van der Waals surface area (Å²) in [5, 5.41) is 5.51. The summed E-state index contributed by atoms with van der Waals surface area (Å²) >= 11 is 5.08. The molecule has 2 aromatic carbocycles. The van der Waals surface area contributed by atoms with E-state index in [4.69, 9.17) is 4.74 Å². The molecule has 6 heteroatoms. The number of carbonyl (C=O) groups is 1. The third-order valence-electron chi connectivity index (χ3n) is 4.13. The Morgan fingerprint density at radius 1 is 1.16 bits per heavy atom. The number of rotatable bonds is 3. The molecule has 1 unspecified atom stereocenters. The average Bonchev–Trinajstić information content (AvgIpc) is 3.16. The smallest absolute Gasteiger partial charge is 0.262 e. The topological polar surface area (TPSA) is 41.6 Å². The first-order valence-electron chi connectivity index (χ1n) is 7.74. The number of ether oxygens (including phenoxy) is 1. The van der Waals surface area contributed by atoms with Gasteiger partial charge in [-0.3, -0.25) is 9.69 Å². The number of nitrogens with zero attached hydrogens (tertiary/aromatic N) is 1. The van der Waals surface area contributed by atoms with Gasteiger partial charge in [0.05, 0.1) is 18.4 Å². The van der Waals surface area contributed by atoms with Crippen molar-refractivity contribution in [2.45, 2.75) is 6.17 Å². The first-order chi connectivity index (χ1) is 12.2. The Hall–Kier alpha value is -2.31. The van der Waals surface area contributed by atoms with Gasteiger partial charge in [-0.25, -0.2) is 0 Å². The summed E-state index contributed by atoms with van der Waals surface area (Å²) in [7, 11) is 1.62. The van der Waals surface area contributed by atoms with Gasteiger partial charge in [0.2, 0.25) is 0 Å². The first kappa shape index (κ1) is 16.2. The number of halogens is 1. The number of thiophene rings is 1. The van der Waals surface area contributed by atoms with E-state index in [0.717, 1.165) is 26.5 Å². The van der Waals surface area contributed by atoms with Crippen LogP contribution in [0.5, 0.6) is 5.75 Å². The van der Waals surface area contributed by atoms with E-state index in [1.54, 1.807) is 23.3 Å². The fourth-order valence-corrected chi connectivity index (χ4v) is 4.08. The molecule has 0 spiro atoms. The van der Waals surface area contributed by atoms with E-state index in [9.17, 15) is 4.79 Å². The normalized spacial score (nSPS) is 16.3. The van der Waals surface area contributed by atoms with Crippen molar-refractivity contribution in [3.05, 3.63) is 74.9 Å². The van der Waals surface area contributed by atoms with Gasteiger partial charge in [-0.1, -0.05) is 28.1 Å². The maximum atomic E-state index is 13.3. The zero-order chi connectivity index (χ0) is 17.4. The summed E-state index contributed by atoms with van der Waals surface area (Å²) in [5.74, 6) is 0.678. The van der Waals surface area contributed by atoms with Crippen molar-refractivity contribution < 1.29 is 9.53 Å². The Kier molecular flexibility index (Phi) is 4.23. The molecular weight excluding hydrogens is 400 g/mol. The standard InChI is InChI=1S/C19H15BrN2O2S/c1-24-14-5-2-4-13(11-14)22-18(17-6-3-9-25-17)21-16-8-7-12(20)10-15(16)19(22)23/h2-11,18,21H,1H3. The molecular formula is C19H15BrN2O2S. The Morgan fingerprint density at radius 3 is 2.80 bits per heavy atom. The van der Waals surface area contributed by atoms with Crippen molar-refractivity contribution in [3.8, 4) is 5.75 Å². The van der Waals surface area contributed by atoms with E-state index in [0.29, 0.717) is 5.56 Å². The first-order valence-corrected chi connectivity index (χ1v) is 9.42. The molecule has 4 nitrogen and oxygen atoms in total. The number of anilines is 2. The molecule has 0 radical (unpaired) electrons. The van der Waals surface area contributed by atoms with Crippen molar-refractivity contribution in [2.75, 3.05) is 17.3 Å². The molecule has 1 amide bonds. The van der Waals surface area contributed by atoms with Gasteiger partial charge in [-0.2, -0.15) is 0 Å². The Morgan fingerprint density at radius 2 is 2.04 bits per heavy atom. The highest BCUT2D eigenvalue weighted by atomic mass is 79.9. The average molecular weight is 415 g/mol. The zero-order valence-corrected chi connectivity index (χ0v) is 15.8. The third-order valence-corrected chi connectivity index (χ3v) is 5.54. The molecule has 0 saturated carbocycles. The third kappa shape index (κ3) is 2.92. The van der Waals surface area contributed by atoms with Crippen LogP contribution in [0.1, 0.15) is 21.4 Å². The molecule has 3 aromatic rings. The lowest BCUT2D eigenvalue weighted by Crippen LogP contribution is -2.42. The van der Waals surface area contributed by atoms with Crippen molar-refractivity contribution in [3.63, 3.8) is 0 Å². The molecule has 0 saturated heterocycles. The molecule has 126 valence electrons. The monoisotopic (exact) mass is 414 g/mol. The van der Waals surface area contributed by atoms with Crippen LogP contribution in [0.25, 0.3) is 0 Å². The predicted octanol–water partition coefficient (Wildman–Crippen LogP) is 5.29. The maximum Gasteiger partial charge on any atom is 0.262 e. The second-order valence-electron chi connectivity index (χ2n) is 5.63. The minimum atomic E-state index is -0.256. The highest BCUT2D eigenvalue weighted by molar-refractivity contribution is 9.10. The lowest BCUT2D eigenvalue weighted by molar-refractivity contribution is 0.0975. The number of fused-ring (bicyclic) bond motifs is 1. The molecule has 1 aromatic heterocycles. The maximum absolute atomic E-state index is 13.3. The molecule has 25 heavy (non-hydrogen) atoms. The number of benzene rings is 2.